The van der Waals surface area contributed by atoms with Gasteiger partial charge in [-0.3, -0.25) is 4.57 Å². The molecule has 0 amide bonds. The van der Waals surface area contributed by atoms with Gasteiger partial charge in [0.05, 0.1) is 17.1 Å². The van der Waals surface area contributed by atoms with E-state index in [2.05, 4.69) is 209 Å². The van der Waals surface area contributed by atoms with Gasteiger partial charge in [-0.25, -0.2) is 0 Å². The van der Waals surface area contributed by atoms with Crippen LogP contribution >= 0.6 is 0 Å². The Labute approximate surface area is 333 Å². The summed E-state index contributed by atoms with van der Waals surface area (Å²) in [6, 6.07) is 57.0. The predicted molar refractivity (Wildman–Crippen MR) is 242 cm³/mol. The molecular formula is C53H42N4. The van der Waals surface area contributed by atoms with Gasteiger partial charge in [-0.1, -0.05) is 170 Å². The first-order chi connectivity index (χ1) is 28.3. The van der Waals surface area contributed by atoms with Crippen LogP contribution in [0.3, 0.4) is 0 Å². The first-order valence-electron chi connectivity index (χ1n) is 19.7. The number of benzene rings is 7. The van der Waals surface area contributed by atoms with Gasteiger partial charge in [-0.15, -0.1) is 0 Å². The Morgan fingerprint density at radius 1 is 0.579 bits per heavy atom. The molecule has 8 aromatic rings. The third-order valence-electron chi connectivity index (χ3n) is 11.2. The van der Waals surface area contributed by atoms with Crippen molar-refractivity contribution in [2.45, 2.75) is 6.04 Å². The van der Waals surface area contributed by atoms with Crippen molar-refractivity contribution in [3.8, 4) is 22.3 Å². The van der Waals surface area contributed by atoms with Crippen LogP contribution in [0.15, 0.2) is 206 Å². The molecule has 1 unspecified atom stereocenters. The van der Waals surface area contributed by atoms with E-state index in [4.69, 9.17) is 0 Å². The minimum absolute atomic E-state index is 0.0134. The minimum atomic E-state index is 0.0134. The highest BCUT2D eigenvalue weighted by molar-refractivity contribution is 6.13. The molecule has 1 aromatic heterocycles. The van der Waals surface area contributed by atoms with Crippen LogP contribution < -0.4 is 16.0 Å². The summed E-state index contributed by atoms with van der Waals surface area (Å²) in [5.74, 6) is 1.06. The van der Waals surface area contributed by atoms with Gasteiger partial charge in [-0.2, -0.15) is 0 Å². The quantitative estimate of drug-likeness (QED) is 0.153. The first kappa shape index (κ1) is 34.4. The van der Waals surface area contributed by atoms with E-state index in [1.807, 2.05) is 18.4 Å². The number of allylic oxidation sites excluding steroid dienone is 6. The monoisotopic (exact) mass is 734 g/mol. The van der Waals surface area contributed by atoms with E-state index >= 15 is 0 Å². The van der Waals surface area contributed by atoms with E-state index in [0.717, 1.165) is 30.1 Å². The van der Waals surface area contributed by atoms with E-state index in [1.165, 1.54) is 71.6 Å². The molecule has 0 saturated carbocycles. The van der Waals surface area contributed by atoms with Crippen molar-refractivity contribution in [1.29, 1.82) is 0 Å². The van der Waals surface area contributed by atoms with Crippen molar-refractivity contribution in [2.75, 3.05) is 18.4 Å². The van der Waals surface area contributed by atoms with Crippen molar-refractivity contribution in [1.82, 2.24) is 15.2 Å². The standard InChI is InChI=1S/C53H42N4/c1-2-13-32-54-49-34-51-48(33-47(49)44-22-10-8-18-40(44)17-4-1)45-23-11-12-25-50(45)57(51)52-31-26-37(35-55-52)36-56-53(46-24-14-20-41-19-7-9-21-43(41)46)42-29-27-39(28-30-42)38-15-5-3-6-16-38/h1-34,53-56H,35-36H2/b2-1-,17-4-,32-13+. The van der Waals surface area contributed by atoms with Crippen molar-refractivity contribution in [3.63, 3.8) is 0 Å². The van der Waals surface area contributed by atoms with Gasteiger partial charge >= 0.3 is 0 Å². The zero-order chi connectivity index (χ0) is 38.0. The lowest BCUT2D eigenvalue weighted by molar-refractivity contribution is 0.633. The van der Waals surface area contributed by atoms with Gasteiger partial charge in [0.1, 0.15) is 5.82 Å². The van der Waals surface area contributed by atoms with E-state index < -0.39 is 0 Å². The van der Waals surface area contributed by atoms with E-state index in [1.54, 1.807) is 0 Å². The molecule has 4 heteroatoms. The molecule has 7 aromatic carbocycles. The molecule has 0 radical (unpaired) electrons. The van der Waals surface area contributed by atoms with Gasteiger partial charge in [0, 0.05) is 41.3 Å². The van der Waals surface area contributed by atoms with E-state index in [-0.39, 0.29) is 6.04 Å². The number of nitrogens with zero attached hydrogens (tertiary/aromatic N) is 1. The van der Waals surface area contributed by atoms with E-state index in [0.29, 0.717) is 0 Å². The average Bonchev–Trinajstić information content (AvgIpc) is 3.58. The summed E-state index contributed by atoms with van der Waals surface area (Å²) >= 11 is 0. The summed E-state index contributed by atoms with van der Waals surface area (Å²) in [4.78, 5) is 0. The molecule has 0 bridgehead atoms. The Morgan fingerprint density at radius 2 is 1.33 bits per heavy atom. The Bertz CT molecular complexity index is 2920. The number of rotatable bonds is 7. The normalized spacial score (nSPS) is 15.9. The Kier molecular flexibility index (Phi) is 9.15. The van der Waals surface area contributed by atoms with Crippen LogP contribution in [0.4, 0.5) is 5.69 Å². The smallest absolute Gasteiger partial charge is 0.111 e. The number of hydrogen-bond acceptors (Lipinski definition) is 3. The second kappa shape index (κ2) is 15.2. The van der Waals surface area contributed by atoms with Crippen molar-refractivity contribution in [3.05, 3.63) is 223 Å². The van der Waals surface area contributed by atoms with Crippen LogP contribution in [0.1, 0.15) is 22.7 Å². The summed E-state index contributed by atoms with van der Waals surface area (Å²) in [7, 11) is 0. The molecule has 10 rings (SSSR count). The molecule has 57 heavy (non-hydrogen) atoms. The molecule has 1 atom stereocenters. The van der Waals surface area contributed by atoms with Crippen LogP contribution in [-0.2, 0) is 0 Å². The van der Waals surface area contributed by atoms with Gasteiger partial charge in [0.15, 0.2) is 0 Å². The zero-order valence-electron chi connectivity index (χ0n) is 31.6. The summed E-state index contributed by atoms with van der Waals surface area (Å²) in [6.07, 6.45) is 17.0. The Morgan fingerprint density at radius 3 is 2.21 bits per heavy atom. The molecule has 4 nitrogen and oxygen atoms in total. The fourth-order valence-electron chi connectivity index (χ4n) is 8.42. The second-order valence-electron chi connectivity index (χ2n) is 14.7. The van der Waals surface area contributed by atoms with Crippen LogP contribution in [0, 0.1) is 0 Å². The summed E-state index contributed by atoms with van der Waals surface area (Å²) in [6.45, 7) is 1.48. The molecule has 0 fully saturated rings. The van der Waals surface area contributed by atoms with Crippen LogP contribution in [0.25, 0.3) is 66.7 Å². The highest BCUT2D eigenvalue weighted by Gasteiger charge is 2.21. The minimum Gasteiger partial charge on any atom is -0.367 e. The van der Waals surface area contributed by atoms with Gasteiger partial charge < -0.3 is 16.0 Å². The number of para-hydroxylation sites is 1. The molecule has 0 spiro atoms. The molecule has 2 aliphatic rings. The highest BCUT2D eigenvalue weighted by atomic mass is 15.1. The Hall–Kier alpha value is -7.14. The van der Waals surface area contributed by atoms with Gasteiger partial charge in [0.25, 0.3) is 0 Å². The van der Waals surface area contributed by atoms with Crippen LogP contribution in [-0.4, -0.2) is 17.7 Å². The van der Waals surface area contributed by atoms with Gasteiger partial charge in [-0.05, 0) is 80.1 Å². The molecule has 274 valence electrons. The summed E-state index contributed by atoms with van der Waals surface area (Å²) in [5.41, 5.74) is 13.2. The van der Waals surface area contributed by atoms with Crippen molar-refractivity contribution >= 4 is 50.2 Å². The lowest BCUT2D eigenvalue weighted by Gasteiger charge is -2.25. The van der Waals surface area contributed by atoms with Crippen molar-refractivity contribution < 1.29 is 0 Å². The number of aromatic nitrogens is 1. The number of nitrogens with one attached hydrogen (secondary N) is 3. The molecular weight excluding hydrogens is 693 g/mol. The number of hydrogen-bond donors (Lipinski definition) is 3. The Balaban J connectivity index is 1.01. The number of dihydropyridines is 1. The van der Waals surface area contributed by atoms with Crippen LogP contribution in [0.2, 0.25) is 0 Å². The highest BCUT2D eigenvalue weighted by Crippen LogP contribution is 2.40. The third-order valence-corrected chi connectivity index (χ3v) is 11.2. The van der Waals surface area contributed by atoms with E-state index in [9.17, 15) is 0 Å². The maximum absolute atomic E-state index is 3.98. The number of fused-ring (bicyclic) bond motifs is 7. The largest absolute Gasteiger partial charge is 0.367 e. The lowest BCUT2D eigenvalue weighted by Crippen LogP contribution is -2.30. The summed E-state index contributed by atoms with van der Waals surface area (Å²) in [5, 5.41) is 16.4. The zero-order valence-corrected chi connectivity index (χ0v) is 31.6. The predicted octanol–water partition coefficient (Wildman–Crippen LogP) is 12.5. The maximum atomic E-state index is 3.98. The molecule has 0 saturated heterocycles. The topological polar surface area (TPSA) is 41.0 Å². The van der Waals surface area contributed by atoms with Gasteiger partial charge in [0.2, 0.25) is 0 Å². The molecule has 3 heterocycles. The SMILES string of the molecule is C1=C(CNC(c2ccc(-c3ccccc3)cc2)c2cccc3ccccc23)CNC(n2c3ccccc3c3cc4c(cc32)N/C=C/C=C\C=C/c2ccccc2-4)=C1. The maximum Gasteiger partial charge on any atom is 0.111 e. The summed E-state index contributed by atoms with van der Waals surface area (Å²) < 4.78 is 2.38. The average molecular weight is 735 g/mol. The molecule has 2 aliphatic heterocycles. The lowest BCUT2D eigenvalue weighted by atomic mass is 9.92. The number of anilines is 1. The van der Waals surface area contributed by atoms with Crippen LogP contribution in [0.5, 0.6) is 0 Å². The van der Waals surface area contributed by atoms with Crippen molar-refractivity contribution in [2.24, 2.45) is 0 Å². The first-order valence-corrected chi connectivity index (χ1v) is 19.7. The second-order valence-corrected chi connectivity index (χ2v) is 14.7. The molecule has 3 N–H and O–H groups in total. The third kappa shape index (κ3) is 6.67. The fraction of sp³-hybridized carbons (Fsp3) is 0.0566. The fourth-order valence-corrected chi connectivity index (χ4v) is 8.42. The molecule has 0 aliphatic carbocycles.